The maximum atomic E-state index is 12.9. The summed E-state index contributed by atoms with van der Waals surface area (Å²) < 4.78 is 17.9. The van der Waals surface area contributed by atoms with Gasteiger partial charge in [0, 0.05) is 31.1 Å². The molecule has 26 heavy (non-hydrogen) atoms. The topological polar surface area (TPSA) is 75.7 Å². The van der Waals surface area contributed by atoms with Crippen LogP contribution in [-0.4, -0.2) is 48.4 Å². The molecule has 7 heteroatoms. The van der Waals surface area contributed by atoms with Crippen LogP contribution in [0.15, 0.2) is 24.3 Å². The SMILES string of the molecule is CCOC(=O)CC1CCCCN1C(=O)CCNC(=O)c1ccc(F)cc1. The summed E-state index contributed by atoms with van der Waals surface area (Å²) in [6.45, 7) is 2.90. The number of nitrogens with zero attached hydrogens (tertiary/aromatic N) is 1. The number of benzene rings is 1. The first-order valence-electron chi connectivity index (χ1n) is 9.00. The van der Waals surface area contributed by atoms with Crippen molar-refractivity contribution in [2.24, 2.45) is 0 Å². The van der Waals surface area contributed by atoms with Gasteiger partial charge in [0.15, 0.2) is 0 Å². The van der Waals surface area contributed by atoms with Gasteiger partial charge in [-0.3, -0.25) is 14.4 Å². The Labute approximate surface area is 152 Å². The Hall–Kier alpha value is -2.44. The van der Waals surface area contributed by atoms with Crippen molar-refractivity contribution >= 4 is 17.8 Å². The summed E-state index contributed by atoms with van der Waals surface area (Å²) in [7, 11) is 0. The smallest absolute Gasteiger partial charge is 0.307 e. The van der Waals surface area contributed by atoms with Gasteiger partial charge in [-0.15, -0.1) is 0 Å². The van der Waals surface area contributed by atoms with Gasteiger partial charge in [-0.25, -0.2) is 4.39 Å². The van der Waals surface area contributed by atoms with Crippen LogP contribution >= 0.6 is 0 Å². The third-order valence-corrected chi connectivity index (χ3v) is 4.39. The Morgan fingerprint density at radius 2 is 1.96 bits per heavy atom. The van der Waals surface area contributed by atoms with Crippen molar-refractivity contribution in [3.8, 4) is 0 Å². The third-order valence-electron chi connectivity index (χ3n) is 4.39. The molecule has 6 nitrogen and oxygen atoms in total. The summed E-state index contributed by atoms with van der Waals surface area (Å²) in [5.41, 5.74) is 0.344. The van der Waals surface area contributed by atoms with Crippen LogP contribution in [-0.2, 0) is 14.3 Å². The number of hydrogen-bond donors (Lipinski definition) is 1. The van der Waals surface area contributed by atoms with Crippen molar-refractivity contribution in [1.29, 1.82) is 0 Å². The van der Waals surface area contributed by atoms with Gasteiger partial charge in [-0.1, -0.05) is 0 Å². The summed E-state index contributed by atoms with van der Waals surface area (Å²) in [6.07, 6.45) is 3.04. The first-order valence-corrected chi connectivity index (χ1v) is 9.00. The lowest BCUT2D eigenvalue weighted by molar-refractivity contribution is -0.146. The number of hydrogen-bond acceptors (Lipinski definition) is 4. The highest BCUT2D eigenvalue weighted by molar-refractivity contribution is 5.94. The second-order valence-corrected chi connectivity index (χ2v) is 6.26. The van der Waals surface area contributed by atoms with Crippen LogP contribution in [0.2, 0.25) is 0 Å². The predicted octanol–water partition coefficient (Wildman–Crippen LogP) is 2.28. The molecule has 0 spiro atoms. The van der Waals surface area contributed by atoms with E-state index in [0.717, 1.165) is 19.3 Å². The average Bonchev–Trinajstić information content (AvgIpc) is 2.62. The van der Waals surface area contributed by atoms with E-state index in [-0.39, 0.29) is 43.2 Å². The van der Waals surface area contributed by atoms with E-state index in [1.165, 1.54) is 24.3 Å². The molecule has 1 heterocycles. The van der Waals surface area contributed by atoms with E-state index < -0.39 is 5.82 Å². The third kappa shape index (κ3) is 5.82. The molecule has 1 atom stereocenters. The van der Waals surface area contributed by atoms with Crippen LogP contribution in [0.3, 0.4) is 0 Å². The second kappa shape index (κ2) is 9.89. The molecule has 2 rings (SSSR count). The predicted molar refractivity (Wildman–Crippen MR) is 94.0 cm³/mol. The molecule has 1 fully saturated rings. The van der Waals surface area contributed by atoms with E-state index in [0.29, 0.717) is 18.7 Å². The van der Waals surface area contributed by atoms with Crippen LogP contribution in [0.5, 0.6) is 0 Å². The molecule has 1 aromatic carbocycles. The molecule has 1 unspecified atom stereocenters. The molecule has 1 saturated heterocycles. The number of rotatable bonds is 7. The molecule has 0 aliphatic carbocycles. The van der Waals surface area contributed by atoms with Crippen molar-refractivity contribution in [2.75, 3.05) is 19.7 Å². The van der Waals surface area contributed by atoms with Crippen molar-refractivity contribution in [2.45, 2.75) is 45.1 Å². The van der Waals surface area contributed by atoms with E-state index in [2.05, 4.69) is 5.32 Å². The average molecular weight is 364 g/mol. The number of carbonyl (C=O) groups is 3. The number of piperidine rings is 1. The highest BCUT2D eigenvalue weighted by Crippen LogP contribution is 2.21. The number of nitrogens with one attached hydrogen (secondary N) is 1. The zero-order valence-electron chi connectivity index (χ0n) is 15.0. The quantitative estimate of drug-likeness (QED) is 0.753. The summed E-state index contributed by atoms with van der Waals surface area (Å²) in [5, 5.41) is 2.66. The largest absolute Gasteiger partial charge is 0.466 e. The fourth-order valence-electron chi connectivity index (χ4n) is 3.08. The summed E-state index contributed by atoms with van der Waals surface area (Å²) in [5.74, 6) is -1.13. The first kappa shape index (κ1) is 19.9. The van der Waals surface area contributed by atoms with Crippen LogP contribution in [0, 0.1) is 5.82 Å². The number of halogens is 1. The molecule has 1 N–H and O–H groups in total. The normalized spacial score (nSPS) is 16.8. The Morgan fingerprint density at radius 3 is 2.65 bits per heavy atom. The molecule has 0 bridgehead atoms. The van der Waals surface area contributed by atoms with E-state index in [4.69, 9.17) is 4.74 Å². The Morgan fingerprint density at radius 1 is 1.23 bits per heavy atom. The number of carbonyl (C=O) groups excluding carboxylic acids is 3. The van der Waals surface area contributed by atoms with Crippen LogP contribution in [0.25, 0.3) is 0 Å². The molecular formula is C19H25FN2O4. The maximum Gasteiger partial charge on any atom is 0.307 e. The standard InChI is InChI=1S/C19H25FN2O4/c1-2-26-18(24)13-16-5-3-4-12-22(16)17(23)10-11-21-19(25)14-6-8-15(20)9-7-14/h6-9,16H,2-5,10-13H2,1H3,(H,21,25). The molecule has 1 aliphatic heterocycles. The fraction of sp³-hybridized carbons (Fsp3) is 0.526. The number of likely N-dealkylation sites (tertiary alicyclic amines) is 1. The van der Waals surface area contributed by atoms with E-state index in [9.17, 15) is 18.8 Å². The lowest BCUT2D eigenvalue weighted by Crippen LogP contribution is -2.45. The summed E-state index contributed by atoms with van der Waals surface area (Å²) in [4.78, 5) is 37.9. The maximum absolute atomic E-state index is 12.9. The summed E-state index contributed by atoms with van der Waals surface area (Å²) >= 11 is 0. The van der Waals surface area contributed by atoms with Gasteiger partial charge in [0.1, 0.15) is 5.82 Å². The molecule has 142 valence electrons. The van der Waals surface area contributed by atoms with Crippen molar-refractivity contribution < 1.29 is 23.5 Å². The number of esters is 1. The lowest BCUT2D eigenvalue weighted by atomic mass is 9.99. The Balaban J connectivity index is 1.82. The summed E-state index contributed by atoms with van der Waals surface area (Å²) in [6, 6.07) is 5.09. The second-order valence-electron chi connectivity index (χ2n) is 6.26. The minimum atomic E-state index is -0.408. The van der Waals surface area contributed by atoms with Crippen LogP contribution in [0.1, 0.15) is 49.4 Å². The molecular weight excluding hydrogens is 339 g/mol. The van der Waals surface area contributed by atoms with Gasteiger partial charge in [0.25, 0.3) is 5.91 Å². The zero-order chi connectivity index (χ0) is 18.9. The minimum Gasteiger partial charge on any atom is -0.466 e. The molecule has 1 aliphatic rings. The van der Waals surface area contributed by atoms with Crippen molar-refractivity contribution in [3.05, 3.63) is 35.6 Å². The molecule has 1 aromatic rings. The van der Waals surface area contributed by atoms with Crippen molar-refractivity contribution in [3.63, 3.8) is 0 Å². The lowest BCUT2D eigenvalue weighted by Gasteiger charge is -2.35. The Kier molecular flexibility index (Phi) is 7.56. The van der Waals surface area contributed by atoms with Gasteiger partial charge in [0.2, 0.25) is 5.91 Å². The van der Waals surface area contributed by atoms with Gasteiger partial charge in [-0.05, 0) is 50.5 Å². The Bertz CT molecular complexity index is 633. The monoisotopic (exact) mass is 364 g/mol. The number of ether oxygens (including phenoxy) is 1. The number of amides is 2. The van der Waals surface area contributed by atoms with Crippen molar-refractivity contribution in [1.82, 2.24) is 10.2 Å². The van der Waals surface area contributed by atoms with Gasteiger partial charge >= 0.3 is 5.97 Å². The van der Waals surface area contributed by atoms with E-state index in [1.807, 2.05) is 0 Å². The zero-order valence-corrected chi connectivity index (χ0v) is 15.0. The van der Waals surface area contributed by atoms with E-state index in [1.54, 1.807) is 11.8 Å². The van der Waals surface area contributed by atoms with Gasteiger partial charge < -0.3 is 15.0 Å². The van der Waals surface area contributed by atoms with Gasteiger partial charge in [0.05, 0.1) is 13.0 Å². The highest BCUT2D eigenvalue weighted by Gasteiger charge is 2.28. The molecule has 0 saturated carbocycles. The first-order chi connectivity index (χ1) is 12.5. The molecule has 2 amide bonds. The van der Waals surface area contributed by atoms with Crippen LogP contribution in [0.4, 0.5) is 4.39 Å². The molecule has 0 radical (unpaired) electrons. The fourth-order valence-corrected chi connectivity index (χ4v) is 3.08. The van der Waals surface area contributed by atoms with Crippen LogP contribution < -0.4 is 5.32 Å². The van der Waals surface area contributed by atoms with E-state index >= 15 is 0 Å². The highest BCUT2D eigenvalue weighted by atomic mass is 19.1. The minimum absolute atomic E-state index is 0.0848. The molecule has 0 aromatic heterocycles. The van der Waals surface area contributed by atoms with Gasteiger partial charge in [-0.2, -0.15) is 0 Å².